The summed E-state index contributed by atoms with van der Waals surface area (Å²) in [6, 6.07) is 9.35. The number of para-hydroxylation sites is 2. The standard InChI is InChI=1S/C15H19N5O/c1-19-8-6-11(10-19)17-15(21)13-7-9-20(18-13)14-5-3-2-4-12(14)16/h2-5,7,9,11H,6,8,10,16H2,1H3,(H,17,21). The molecule has 1 fully saturated rings. The zero-order chi connectivity index (χ0) is 14.8. The van der Waals surface area contributed by atoms with Gasteiger partial charge in [0.15, 0.2) is 5.69 Å². The summed E-state index contributed by atoms with van der Waals surface area (Å²) in [5.74, 6) is -0.136. The van der Waals surface area contributed by atoms with E-state index in [1.807, 2.05) is 24.3 Å². The molecule has 0 saturated carbocycles. The quantitative estimate of drug-likeness (QED) is 0.821. The van der Waals surface area contributed by atoms with E-state index in [4.69, 9.17) is 5.73 Å². The van der Waals surface area contributed by atoms with Crippen LogP contribution in [0.4, 0.5) is 5.69 Å². The van der Waals surface area contributed by atoms with E-state index in [1.54, 1.807) is 16.9 Å². The SMILES string of the molecule is CN1CCC(NC(=O)c2ccn(-c3ccccc3N)n2)C1. The summed E-state index contributed by atoms with van der Waals surface area (Å²) >= 11 is 0. The molecule has 0 bridgehead atoms. The molecule has 3 rings (SSSR count). The zero-order valence-electron chi connectivity index (χ0n) is 12.0. The maximum atomic E-state index is 12.2. The Kier molecular flexibility index (Phi) is 3.62. The Morgan fingerprint density at radius 2 is 2.19 bits per heavy atom. The number of carbonyl (C=O) groups excluding carboxylic acids is 1. The van der Waals surface area contributed by atoms with Gasteiger partial charge in [0.2, 0.25) is 0 Å². The highest BCUT2D eigenvalue weighted by Crippen LogP contribution is 2.16. The van der Waals surface area contributed by atoms with Crippen LogP contribution in [0, 0.1) is 0 Å². The summed E-state index contributed by atoms with van der Waals surface area (Å²) < 4.78 is 1.63. The molecule has 1 aromatic heterocycles. The molecule has 1 unspecified atom stereocenters. The van der Waals surface area contributed by atoms with Crippen molar-refractivity contribution in [3.05, 3.63) is 42.2 Å². The predicted molar refractivity (Wildman–Crippen MR) is 81.3 cm³/mol. The van der Waals surface area contributed by atoms with Gasteiger partial charge in [0, 0.05) is 18.8 Å². The molecule has 1 amide bonds. The molecule has 1 atom stereocenters. The van der Waals surface area contributed by atoms with Gasteiger partial charge in [-0.3, -0.25) is 4.79 Å². The molecule has 1 saturated heterocycles. The van der Waals surface area contributed by atoms with Crippen molar-refractivity contribution in [2.45, 2.75) is 12.5 Å². The third-order valence-corrected chi connectivity index (χ3v) is 3.73. The van der Waals surface area contributed by atoms with Gasteiger partial charge in [-0.2, -0.15) is 5.10 Å². The molecule has 2 aromatic rings. The minimum Gasteiger partial charge on any atom is -0.397 e. The first-order valence-corrected chi connectivity index (χ1v) is 7.03. The van der Waals surface area contributed by atoms with Crippen LogP contribution >= 0.6 is 0 Å². The van der Waals surface area contributed by atoms with E-state index in [0.29, 0.717) is 11.4 Å². The Hall–Kier alpha value is -2.34. The number of likely N-dealkylation sites (tertiary alicyclic amines) is 1. The molecule has 110 valence electrons. The lowest BCUT2D eigenvalue weighted by Gasteiger charge is -2.11. The molecule has 0 spiro atoms. The van der Waals surface area contributed by atoms with Crippen LogP contribution in [0.1, 0.15) is 16.9 Å². The van der Waals surface area contributed by atoms with Crippen molar-refractivity contribution in [2.75, 3.05) is 25.9 Å². The summed E-state index contributed by atoms with van der Waals surface area (Å²) in [5.41, 5.74) is 7.73. The van der Waals surface area contributed by atoms with Crippen LogP contribution in [0.25, 0.3) is 5.69 Å². The highest BCUT2D eigenvalue weighted by molar-refractivity contribution is 5.92. The molecule has 1 aliphatic heterocycles. The van der Waals surface area contributed by atoms with E-state index in [2.05, 4.69) is 22.4 Å². The molecule has 1 aliphatic rings. The first kappa shape index (κ1) is 13.6. The Balaban J connectivity index is 1.73. The first-order valence-electron chi connectivity index (χ1n) is 7.03. The van der Waals surface area contributed by atoms with Gasteiger partial charge >= 0.3 is 0 Å². The fraction of sp³-hybridized carbons (Fsp3) is 0.333. The zero-order valence-corrected chi connectivity index (χ0v) is 12.0. The molecular formula is C15H19N5O. The Morgan fingerprint density at radius 3 is 2.90 bits per heavy atom. The monoisotopic (exact) mass is 285 g/mol. The van der Waals surface area contributed by atoms with Crippen LogP contribution in [0.15, 0.2) is 36.5 Å². The van der Waals surface area contributed by atoms with Crippen molar-refractivity contribution in [3.8, 4) is 5.69 Å². The fourth-order valence-corrected chi connectivity index (χ4v) is 2.59. The highest BCUT2D eigenvalue weighted by Gasteiger charge is 2.22. The van der Waals surface area contributed by atoms with Crippen molar-refractivity contribution < 1.29 is 4.79 Å². The van der Waals surface area contributed by atoms with Crippen molar-refractivity contribution in [2.24, 2.45) is 0 Å². The molecule has 2 heterocycles. The first-order chi connectivity index (χ1) is 10.1. The topological polar surface area (TPSA) is 76.2 Å². The number of aromatic nitrogens is 2. The van der Waals surface area contributed by atoms with Crippen LogP contribution in [0.2, 0.25) is 0 Å². The second-order valence-corrected chi connectivity index (χ2v) is 5.43. The number of amides is 1. The number of nitrogens with two attached hydrogens (primary N) is 1. The van der Waals surface area contributed by atoms with Gasteiger partial charge in [0.1, 0.15) is 0 Å². The van der Waals surface area contributed by atoms with Gasteiger partial charge in [-0.25, -0.2) is 4.68 Å². The molecule has 3 N–H and O–H groups in total. The van der Waals surface area contributed by atoms with Crippen LogP contribution in [-0.4, -0.2) is 46.8 Å². The summed E-state index contributed by atoms with van der Waals surface area (Å²) in [4.78, 5) is 14.4. The molecule has 0 aliphatic carbocycles. The lowest BCUT2D eigenvalue weighted by Crippen LogP contribution is -2.36. The van der Waals surface area contributed by atoms with E-state index < -0.39 is 0 Å². The van der Waals surface area contributed by atoms with Crippen molar-refractivity contribution in [3.63, 3.8) is 0 Å². The van der Waals surface area contributed by atoms with Gasteiger partial charge in [0.05, 0.1) is 11.4 Å². The van der Waals surface area contributed by atoms with E-state index in [0.717, 1.165) is 25.2 Å². The van der Waals surface area contributed by atoms with Crippen LogP contribution in [0.5, 0.6) is 0 Å². The number of nitrogen functional groups attached to an aromatic ring is 1. The smallest absolute Gasteiger partial charge is 0.272 e. The molecule has 0 radical (unpaired) electrons. The van der Waals surface area contributed by atoms with Gasteiger partial charge < -0.3 is 16.0 Å². The van der Waals surface area contributed by atoms with E-state index in [9.17, 15) is 4.79 Å². The highest BCUT2D eigenvalue weighted by atomic mass is 16.2. The number of hydrogen-bond donors (Lipinski definition) is 2. The molecule has 6 heteroatoms. The average molecular weight is 285 g/mol. The largest absolute Gasteiger partial charge is 0.397 e. The Morgan fingerprint density at radius 1 is 1.38 bits per heavy atom. The van der Waals surface area contributed by atoms with Crippen molar-refractivity contribution in [1.29, 1.82) is 0 Å². The number of anilines is 1. The van der Waals surface area contributed by atoms with Crippen molar-refractivity contribution >= 4 is 11.6 Å². The van der Waals surface area contributed by atoms with Crippen LogP contribution in [-0.2, 0) is 0 Å². The number of hydrogen-bond acceptors (Lipinski definition) is 4. The number of rotatable bonds is 3. The second-order valence-electron chi connectivity index (χ2n) is 5.43. The Labute approximate surface area is 123 Å². The lowest BCUT2D eigenvalue weighted by atomic mass is 10.2. The third-order valence-electron chi connectivity index (χ3n) is 3.73. The lowest BCUT2D eigenvalue weighted by molar-refractivity contribution is 0.0933. The second kappa shape index (κ2) is 5.57. The predicted octanol–water partition coefficient (Wildman–Crippen LogP) is 0.888. The minimum absolute atomic E-state index is 0.136. The maximum Gasteiger partial charge on any atom is 0.272 e. The van der Waals surface area contributed by atoms with Gasteiger partial charge in [-0.05, 0) is 38.2 Å². The van der Waals surface area contributed by atoms with E-state index in [-0.39, 0.29) is 11.9 Å². The third kappa shape index (κ3) is 2.90. The summed E-state index contributed by atoms with van der Waals surface area (Å²) in [5, 5.41) is 7.33. The number of benzene rings is 1. The molecular weight excluding hydrogens is 266 g/mol. The number of nitrogens with zero attached hydrogens (tertiary/aromatic N) is 3. The van der Waals surface area contributed by atoms with E-state index in [1.165, 1.54) is 0 Å². The summed E-state index contributed by atoms with van der Waals surface area (Å²) in [6.45, 7) is 1.90. The van der Waals surface area contributed by atoms with E-state index >= 15 is 0 Å². The maximum absolute atomic E-state index is 12.2. The average Bonchev–Trinajstić information content (AvgIpc) is 3.09. The van der Waals surface area contributed by atoms with Gasteiger partial charge in [0.25, 0.3) is 5.91 Å². The fourth-order valence-electron chi connectivity index (χ4n) is 2.59. The van der Waals surface area contributed by atoms with Gasteiger partial charge in [-0.1, -0.05) is 12.1 Å². The molecule has 6 nitrogen and oxygen atoms in total. The summed E-state index contributed by atoms with van der Waals surface area (Å²) in [6.07, 6.45) is 2.73. The normalized spacial score (nSPS) is 18.8. The number of carbonyl (C=O) groups is 1. The minimum atomic E-state index is -0.136. The number of likely N-dealkylation sites (N-methyl/N-ethyl adjacent to an activating group) is 1. The van der Waals surface area contributed by atoms with Crippen molar-refractivity contribution in [1.82, 2.24) is 20.0 Å². The van der Waals surface area contributed by atoms with Crippen LogP contribution < -0.4 is 11.1 Å². The Bertz CT molecular complexity index is 651. The molecule has 21 heavy (non-hydrogen) atoms. The number of nitrogens with one attached hydrogen (secondary N) is 1. The van der Waals surface area contributed by atoms with Crippen LogP contribution in [0.3, 0.4) is 0 Å². The molecule has 1 aromatic carbocycles. The summed E-state index contributed by atoms with van der Waals surface area (Å²) in [7, 11) is 2.05. The van der Waals surface area contributed by atoms with Gasteiger partial charge in [-0.15, -0.1) is 0 Å².